The SMILES string of the molecule is CCC(C)(O)CNC(=O)C1C(C(=O)O)C1(C)C. The Hall–Kier alpha value is -1.10. The topological polar surface area (TPSA) is 86.6 Å². The van der Waals surface area contributed by atoms with Gasteiger partial charge >= 0.3 is 5.97 Å². The normalized spacial score (nSPS) is 29.2. The molecule has 3 unspecified atom stereocenters. The maximum Gasteiger partial charge on any atom is 0.307 e. The van der Waals surface area contributed by atoms with Crippen molar-refractivity contribution in [2.24, 2.45) is 17.3 Å². The van der Waals surface area contributed by atoms with Crippen molar-refractivity contribution in [2.45, 2.75) is 39.7 Å². The second-order valence-electron chi connectivity index (χ2n) is 5.68. The van der Waals surface area contributed by atoms with E-state index in [1.807, 2.05) is 6.92 Å². The molecule has 17 heavy (non-hydrogen) atoms. The maximum absolute atomic E-state index is 11.8. The number of nitrogens with one attached hydrogen (secondary N) is 1. The number of hydrogen-bond donors (Lipinski definition) is 3. The van der Waals surface area contributed by atoms with Crippen LogP contribution in [0, 0.1) is 17.3 Å². The summed E-state index contributed by atoms with van der Waals surface area (Å²) in [5.41, 5.74) is -1.43. The number of carboxylic acid groups (broad SMARTS) is 1. The zero-order valence-corrected chi connectivity index (χ0v) is 10.8. The molecule has 0 aliphatic heterocycles. The Bertz CT molecular complexity index is 335. The minimum absolute atomic E-state index is 0.154. The smallest absolute Gasteiger partial charge is 0.307 e. The van der Waals surface area contributed by atoms with E-state index >= 15 is 0 Å². The van der Waals surface area contributed by atoms with Gasteiger partial charge in [-0.05, 0) is 18.8 Å². The van der Waals surface area contributed by atoms with Crippen LogP contribution in [-0.4, -0.2) is 34.2 Å². The summed E-state index contributed by atoms with van der Waals surface area (Å²) in [6.07, 6.45) is 0.531. The second kappa shape index (κ2) is 4.29. The maximum atomic E-state index is 11.8. The molecule has 98 valence electrons. The molecule has 3 N–H and O–H groups in total. The number of amides is 1. The highest BCUT2D eigenvalue weighted by molar-refractivity contribution is 5.91. The van der Waals surface area contributed by atoms with E-state index in [-0.39, 0.29) is 12.5 Å². The van der Waals surface area contributed by atoms with Gasteiger partial charge in [-0.3, -0.25) is 9.59 Å². The minimum Gasteiger partial charge on any atom is -0.481 e. The molecule has 1 rings (SSSR count). The Morgan fingerprint density at radius 1 is 1.35 bits per heavy atom. The third-order valence-electron chi connectivity index (χ3n) is 3.78. The molecule has 5 heteroatoms. The first-order valence-corrected chi connectivity index (χ1v) is 5.86. The van der Waals surface area contributed by atoms with Crippen molar-refractivity contribution in [3.8, 4) is 0 Å². The zero-order chi connectivity index (χ0) is 13.4. The summed E-state index contributed by atoms with van der Waals surface area (Å²) in [4.78, 5) is 22.7. The van der Waals surface area contributed by atoms with Crippen LogP contribution in [0.15, 0.2) is 0 Å². The van der Waals surface area contributed by atoms with Gasteiger partial charge in [-0.25, -0.2) is 0 Å². The molecular formula is C12H21NO4. The predicted molar refractivity (Wildman–Crippen MR) is 62.3 cm³/mol. The van der Waals surface area contributed by atoms with E-state index in [2.05, 4.69) is 5.32 Å². The first-order valence-electron chi connectivity index (χ1n) is 5.86. The lowest BCUT2D eigenvalue weighted by Gasteiger charge is -2.21. The summed E-state index contributed by atoms with van der Waals surface area (Å²) in [7, 11) is 0. The van der Waals surface area contributed by atoms with Crippen LogP contribution in [0.3, 0.4) is 0 Å². The molecule has 1 aliphatic carbocycles. The summed E-state index contributed by atoms with van der Waals surface area (Å²) in [6.45, 7) is 7.16. The van der Waals surface area contributed by atoms with E-state index in [9.17, 15) is 14.7 Å². The Morgan fingerprint density at radius 3 is 2.24 bits per heavy atom. The van der Waals surface area contributed by atoms with Gasteiger partial charge in [0.15, 0.2) is 0 Å². The number of aliphatic carboxylic acids is 1. The van der Waals surface area contributed by atoms with Gasteiger partial charge in [0.25, 0.3) is 0 Å². The average molecular weight is 243 g/mol. The average Bonchev–Trinajstić information content (AvgIpc) is 2.78. The second-order valence-corrected chi connectivity index (χ2v) is 5.68. The van der Waals surface area contributed by atoms with Gasteiger partial charge in [-0.1, -0.05) is 20.8 Å². The lowest BCUT2D eigenvalue weighted by Crippen LogP contribution is -2.41. The van der Waals surface area contributed by atoms with Crippen LogP contribution in [0.4, 0.5) is 0 Å². The Labute approximate surface area is 101 Å². The molecule has 0 aromatic carbocycles. The number of carbonyl (C=O) groups excluding carboxylic acids is 1. The summed E-state index contributed by atoms with van der Waals surface area (Å²) < 4.78 is 0. The Kier molecular flexibility index (Phi) is 3.52. The number of carboxylic acids is 1. The molecule has 3 atom stereocenters. The van der Waals surface area contributed by atoms with Gasteiger partial charge in [0, 0.05) is 6.54 Å². The summed E-state index contributed by atoms with van der Waals surface area (Å²) in [5.74, 6) is -2.32. The van der Waals surface area contributed by atoms with Crippen molar-refractivity contribution in [2.75, 3.05) is 6.54 Å². The van der Waals surface area contributed by atoms with E-state index < -0.39 is 28.8 Å². The van der Waals surface area contributed by atoms with E-state index in [0.29, 0.717) is 6.42 Å². The molecule has 1 saturated carbocycles. The highest BCUT2D eigenvalue weighted by Gasteiger charge is 2.65. The summed E-state index contributed by atoms with van der Waals surface area (Å²) in [6, 6.07) is 0. The predicted octanol–water partition coefficient (Wildman–Crippen LogP) is 0.620. The molecule has 0 radical (unpaired) electrons. The largest absolute Gasteiger partial charge is 0.481 e. The van der Waals surface area contributed by atoms with Crippen molar-refractivity contribution in [3.05, 3.63) is 0 Å². The summed E-state index contributed by atoms with van der Waals surface area (Å²) >= 11 is 0. The van der Waals surface area contributed by atoms with Crippen LogP contribution >= 0.6 is 0 Å². The van der Waals surface area contributed by atoms with Crippen LogP contribution in [-0.2, 0) is 9.59 Å². The van der Waals surface area contributed by atoms with Gasteiger partial charge in [0.1, 0.15) is 0 Å². The number of hydrogen-bond acceptors (Lipinski definition) is 3. The fourth-order valence-electron chi connectivity index (χ4n) is 2.10. The Morgan fingerprint density at radius 2 is 1.88 bits per heavy atom. The lowest BCUT2D eigenvalue weighted by molar-refractivity contribution is -0.140. The third kappa shape index (κ3) is 2.77. The van der Waals surface area contributed by atoms with Crippen molar-refractivity contribution in [1.82, 2.24) is 5.32 Å². The number of carbonyl (C=O) groups is 2. The van der Waals surface area contributed by atoms with Crippen molar-refractivity contribution >= 4 is 11.9 Å². The van der Waals surface area contributed by atoms with Crippen molar-refractivity contribution in [3.63, 3.8) is 0 Å². The molecule has 0 aromatic rings. The first kappa shape index (κ1) is 14.0. The zero-order valence-electron chi connectivity index (χ0n) is 10.8. The van der Waals surface area contributed by atoms with Crippen molar-refractivity contribution in [1.29, 1.82) is 0 Å². The third-order valence-corrected chi connectivity index (χ3v) is 3.78. The van der Waals surface area contributed by atoms with E-state index in [0.717, 1.165) is 0 Å². The molecule has 1 fully saturated rings. The number of rotatable bonds is 5. The van der Waals surface area contributed by atoms with Crippen LogP contribution in [0.25, 0.3) is 0 Å². The molecule has 5 nitrogen and oxygen atoms in total. The van der Waals surface area contributed by atoms with Crippen molar-refractivity contribution < 1.29 is 19.8 Å². The first-order chi connectivity index (χ1) is 7.63. The highest BCUT2D eigenvalue weighted by atomic mass is 16.4. The van der Waals surface area contributed by atoms with Gasteiger partial charge in [0.2, 0.25) is 5.91 Å². The van der Waals surface area contributed by atoms with Crippen LogP contribution in [0.2, 0.25) is 0 Å². The molecule has 1 amide bonds. The molecule has 0 spiro atoms. The van der Waals surface area contributed by atoms with Gasteiger partial charge < -0.3 is 15.5 Å². The lowest BCUT2D eigenvalue weighted by atomic mass is 10.0. The number of aliphatic hydroxyl groups is 1. The molecule has 0 saturated heterocycles. The quantitative estimate of drug-likeness (QED) is 0.660. The highest BCUT2D eigenvalue weighted by Crippen LogP contribution is 2.58. The monoisotopic (exact) mass is 243 g/mol. The molecular weight excluding hydrogens is 222 g/mol. The van der Waals surface area contributed by atoms with Gasteiger partial charge in [0.05, 0.1) is 17.4 Å². The summed E-state index contributed by atoms with van der Waals surface area (Å²) in [5, 5.41) is 21.3. The van der Waals surface area contributed by atoms with Gasteiger partial charge in [-0.2, -0.15) is 0 Å². The molecule has 1 aliphatic rings. The van der Waals surface area contributed by atoms with E-state index in [4.69, 9.17) is 5.11 Å². The van der Waals surface area contributed by atoms with Crippen LogP contribution in [0.1, 0.15) is 34.1 Å². The van der Waals surface area contributed by atoms with Crippen LogP contribution < -0.4 is 5.32 Å². The molecule has 0 aromatic heterocycles. The van der Waals surface area contributed by atoms with E-state index in [1.165, 1.54) is 0 Å². The van der Waals surface area contributed by atoms with E-state index in [1.54, 1.807) is 20.8 Å². The molecule has 0 heterocycles. The fourth-order valence-corrected chi connectivity index (χ4v) is 2.10. The fraction of sp³-hybridized carbons (Fsp3) is 0.833. The van der Waals surface area contributed by atoms with Crippen LogP contribution in [0.5, 0.6) is 0 Å². The van der Waals surface area contributed by atoms with Gasteiger partial charge in [-0.15, -0.1) is 0 Å². The standard InChI is InChI=1S/C12H21NO4/c1-5-12(4,17)6-13-9(14)7-8(10(15)16)11(7,2)3/h7-8,17H,5-6H2,1-4H3,(H,13,14)(H,15,16). The molecule has 0 bridgehead atoms. The minimum atomic E-state index is -0.937. The Balaban J connectivity index is 2.54.